The maximum Gasteiger partial charge on any atom is 0.344 e. The standard InChI is InChI=1S/C14H10N4O5.Na.H2O/c19-13-8-17(14(20)16-13)15-7-11-5-6-12(23-11)9-1-3-10(4-2-9)18(21)22;;/h1-7H,8H2,(H,16,19,20);;1H2/b15-7-;;. The van der Waals surface area contributed by atoms with Crippen LogP contribution in [0.5, 0.6) is 0 Å². The van der Waals surface area contributed by atoms with Gasteiger partial charge >= 0.3 is 6.03 Å². The van der Waals surface area contributed by atoms with Gasteiger partial charge in [-0.2, -0.15) is 5.10 Å². The Morgan fingerprint density at radius 2 is 1.88 bits per heavy atom. The van der Waals surface area contributed by atoms with Crippen LogP contribution < -0.4 is 5.32 Å². The van der Waals surface area contributed by atoms with Gasteiger partial charge in [0.05, 0.1) is 11.1 Å². The Hall–Kier alpha value is -2.53. The normalized spacial score (nSPS) is 13.4. The number of urea groups is 1. The first kappa shape index (κ1) is 20.5. The van der Waals surface area contributed by atoms with E-state index in [4.69, 9.17) is 4.42 Å². The monoisotopic (exact) mass is 355 g/mol. The predicted octanol–water partition coefficient (Wildman–Crippen LogP) is 0.535. The van der Waals surface area contributed by atoms with E-state index in [9.17, 15) is 19.7 Å². The van der Waals surface area contributed by atoms with Gasteiger partial charge < -0.3 is 9.89 Å². The third-order valence-electron chi connectivity index (χ3n) is 3.09. The fourth-order valence-electron chi connectivity index (χ4n) is 1.98. The molecule has 1 aromatic carbocycles. The molecule has 3 amide bonds. The van der Waals surface area contributed by atoms with Crippen molar-refractivity contribution < 1.29 is 24.4 Å². The van der Waals surface area contributed by atoms with Crippen LogP contribution in [-0.2, 0) is 4.79 Å². The maximum atomic E-state index is 11.3. The molecule has 125 valence electrons. The molecule has 1 fully saturated rings. The number of non-ortho nitro benzene ring substituents is 1. The number of nitro groups is 1. The van der Waals surface area contributed by atoms with E-state index in [0.29, 0.717) is 17.1 Å². The minimum atomic E-state index is -0.589. The molecule has 1 radical (unpaired) electrons. The summed E-state index contributed by atoms with van der Waals surface area (Å²) < 4.78 is 5.53. The average molecular weight is 355 g/mol. The topological polar surface area (TPSA) is 150 Å². The van der Waals surface area contributed by atoms with E-state index in [0.717, 1.165) is 5.01 Å². The van der Waals surface area contributed by atoms with Crippen LogP contribution >= 0.6 is 0 Å². The molecule has 3 N–H and O–H groups in total. The summed E-state index contributed by atoms with van der Waals surface area (Å²) >= 11 is 0. The molecule has 1 saturated heterocycles. The molecule has 0 saturated carbocycles. The summed E-state index contributed by atoms with van der Waals surface area (Å²) in [4.78, 5) is 32.5. The van der Waals surface area contributed by atoms with Gasteiger partial charge in [-0.05, 0) is 24.3 Å². The number of carbonyl (C=O) groups is 2. The summed E-state index contributed by atoms with van der Waals surface area (Å²) in [6, 6.07) is 8.63. The van der Waals surface area contributed by atoms with Gasteiger partial charge in [0, 0.05) is 47.3 Å². The van der Waals surface area contributed by atoms with E-state index < -0.39 is 16.9 Å². The van der Waals surface area contributed by atoms with Crippen molar-refractivity contribution in [3.05, 3.63) is 52.3 Å². The van der Waals surface area contributed by atoms with Gasteiger partial charge in [0.25, 0.3) is 5.69 Å². The zero-order valence-corrected chi connectivity index (χ0v) is 15.1. The first-order valence-electron chi connectivity index (χ1n) is 6.53. The summed E-state index contributed by atoms with van der Waals surface area (Å²) in [6.07, 6.45) is 1.31. The van der Waals surface area contributed by atoms with Crippen molar-refractivity contribution in [1.82, 2.24) is 10.3 Å². The maximum absolute atomic E-state index is 11.3. The summed E-state index contributed by atoms with van der Waals surface area (Å²) in [6.45, 7) is -0.134. The molecule has 2 heterocycles. The molecule has 1 aromatic heterocycles. The molecule has 3 rings (SSSR count). The van der Waals surface area contributed by atoms with Crippen LogP contribution in [0.25, 0.3) is 11.3 Å². The van der Waals surface area contributed by atoms with Gasteiger partial charge in [-0.1, -0.05) is 0 Å². The molecule has 0 unspecified atom stereocenters. The molecular formula is C14H12N4NaO6. The fraction of sp³-hybridized carbons (Fsp3) is 0.0714. The molecule has 2 aromatic rings. The fourth-order valence-corrected chi connectivity index (χ4v) is 1.98. The van der Waals surface area contributed by atoms with Crippen molar-refractivity contribution in [2.45, 2.75) is 0 Å². The van der Waals surface area contributed by atoms with Crippen LogP contribution in [0.1, 0.15) is 5.76 Å². The van der Waals surface area contributed by atoms with E-state index >= 15 is 0 Å². The predicted molar refractivity (Wildman–Crippen MR) is 88.0 cm³/mol. The van der Waals surface area contributed by atoms with Gasteiger partial charge in [-0.3, -0.25) is 20.2 Å². The van der Waals surface area contributed by atoms with Crippen molar-refractivity contribution in [3.8, 4) is 11.3 Å². The van der Waals surface area contributed by atoms with Gasteiger partial charge in [0.15, 0.2) is 0 Å². The van der Waals surface area contributed by atoms with Crippen molar-refractivity contribution >= 4 is 53.4 Å². The van der Waals surface area contributed by atoms with Crippen LogP contribution in [0.15, 0.2) is 45.9 Å². The molecule has 10 nitrogen and oxygen atoms in total. The summed E-state index contributed by atoms with van der Waals surface area (Å²) in [5.74, 6) is 0.465. The Morgan fingerprint density at radius 1 is 1.20 bits per heavy atom. The number of carbonyl (C=O) groups excluding carboxylic acids is 2. The van der Waals surface area contributed by atoms with Crippen LogP contribution in [0.3, 0.4) is 0 Å². The van der Waals surface area contributed by atoms with E-state index in [2.05, 4.69) is 10.4 Å². The van der Waals surface area contributed by atoms with Crippen molar-refractivity contribution in [2.75, 3.05) is 6.54 Å². The number of rotatable bonds is 4. The smallest absolute Gasteiger partial charge is 0.344 e. The molecule has 0 spiro atoms. The van der Waals surface area contributed by atoms with Crippen molar-refractivity contribution in [2.24, 2.45) is 5.10 Å². The van der Waals surface area contributed by atoms with Gasteiger partial charge in [-0.25, -0.2) is 9.80 Å². The summed E-state index contributed by atoms with van der Waals surface area (Å²) in [5.41, 5.74) is 0.663. The van der Waals surface area contributed by atoms with E-state index in [1.807, 2.05) is 0 Å². The van der Waals surface area contributed by atoms with Gasteiger partial charge in [0.2, 0.25) is 5.91 Å². The first-order valence-corrected chi connectivity index (χ1v) is 6.53. The summed E-state index contributed by atoms with van der Waals surface area (Å²) in [5, 5.41) is 17.6. The molecule has 0 atom stereocenters. The second-order valence-corrected chi connectivity index (χ2v) is 4.66. The number of hydrogen-bond acceptors (Lipinski definition) is 6. The zero-order valence-electron chi connectivity index (χ0n) is 13.1. The van der Waals surface area contributed by atoms with E-state index in [1.54, 1.807) is 24.3 Å². The molecule has 11 heteroatoms. The van der Waals surface area contributed by atoms with Crippen LogP contribution in [0.2, 0.25) is 0 Å². The third kappa shape index (κ3) is 4.73. The number of nitrogens with zero attached hydrogens (tertiary/aromatic N) is 3. The van der Waals surface area contributed by atoms with Crippen molar-refractivity contribution in [3.63, 3.8) is 0 Å². The van der Waals surface area contributed by atoms with Gasteiger partial charge in [-0.15, -0.1) is 0 Å². The largest absolute Gasteiger partial charge is 0.455 e. The van der Waals surface area contributed by atoms with Crippen LogP contribution in [-0.4, -0.2) is 69.7 Å². The zero-order chi connectivity index (χ0) is 16.4. The van der Waals surface area contributed by atoms with Crippen molar-refractivity contribution in [1.29, 1.82) is 0 Å². The Bertz CT molecular complexity index is 817. The van der Waals surface area contributed by atoms with Gasteiger partial charge in [0.1, 0.15) is 18.1 Å². The first-order chi connectivity index (χ1) is 11.0. The summed E-state index contributed by atoms with van der Waals surface area (Å²) in [7, 11) is 0. The Balaban J connectivity index is 0.00000156. The molecule has 1 aliphatic heterocycles. The average Bonchev–Trinajstić information content (AvgIpc) is 3.11. The minimum Gasteiger partial charge on any atom is -0.455 e. The molecule has 1 aliphatic rings. The number of hydrogen-bond donors (Lipinski definition) is 1. The third-order valence-corrected chi connectivity index (χ3v) is 3.09. The number of nitro benzene ring substituents is 1. The van der Waals surface area contributed by atoms with Crippen LogP contribution in [0, 0.1) is 10.1 Å². The second-order valence-electron chi connectivity index (χ2n) is 4.66. The quantitative estimate of drug-likeness (QED) is 0.279. The number of imide groups is 1. The Morgan fingerprint density at radius 3 is 2.44 bits per heavy atom. The number of hydrazone groups is 1. The number of amides is 3. The minimum absolute atomic E-state index is 0. The second kappa shape index (κ2) is 8.53. The molecule has 25 heavy (non-hydrogen) atoms. The molecule has 0 bridgehead atoms. The molecular weight excluding hydrogens is 343 g/mol. The molecule has 0 aliphatic carbocycles. The number of nitrogens with one attached hydrogen (secondary N) is 1. The van der Waals surface area contributed by atoms with E-state index in [-0.39, 0.29) is 47.3 Å². The number of furan rings is 1. The SMILES string of the molecule is O.O=C1CN(/N=C\c2ccc(-c3ccc([N+](=O)[O-])cc3)o2)C(=O)N1.[Na]. The van der Waals surface area contributed by atoms with E-state index in [1.165, 1.54) is 18.3 Å². The van der Waals surface area contributed by atoms with Crippen LogP contribution in [0.4, 0.5) is 10.5 Å². The number of benzene rings is 1. The Kier molecular flexibility index (Phi) is 7.00. The Labute approximate surface area is 163 Å².